The average Bonchev–Trinajstić information content (AvgIpc) is 2.45. The maximum atomic E-state index is 13.8. The van der Waals surface area contributed by atoms with Crippen LogP contribution in [0, 0.1) is 12.7 Å². The molecule has 2 aromatic rings. The van der Waals surface area contributed by atoms with Crippen LogP contribution in [0.2, 0.25) is 0 Å². The maximum Gasteiger partial charge on any atom is 0.433 e. The fourth-order valence-corrected chi connectivity index (χ4v) is 1.96. The predicted molar refractivity (Wildman–Crippen MR) is 70.1 cm³/mol. The Morgan fingerprint density at radius 3 is 2.55 bits per heavy atom. The van der Waals surface area contributed by atoms with Crippen molar-refractivity contribution in [3.05, 3.63) is 47.3 Å². The molecule has 2 rings (SSSR count). The zero-order chi connectivity index (χ0) is 16.3. The summed E-state index contributed by atoms with van der Waals surface area (Å²) in [6, 6.07) is 2.57. The summed E-state index contributed by atoms with van der Waals surface area (Å²) in [7, 11) is 0. The number of pyridine rings is 2. The third kappa shape index (κ3) is 3.38. The summed E-state index contributed by atoms with van der Waals surface area (Å²) in [4.78, 5) is 17.4. The van der Waals surface area contributed by atoms with Crippen molar-refractivity contribution < 1.29 is 22.4 Å². The lowest BCUT2D eigenvalue weighted by Gasteiger charge is -2.11. The number of rotatable bonds is 4. The van der Waals surface area contributed by atoms with Crippen molar-refractivity contribution in [3.63, 3.8) is 0 Å². The molecule has 116 valence electrons. The van der Waals surface area contributed by atoms with E-state index in [0.29, 0.717) is 12.1 Å². The SMILES string of the molecule is Cc1cc(-c2cc(CNC=O)ncc2F)cnc1C(F)(F)F. The van der Waals surface area contributed by atoms with E-state index in [1.165, 1.54) is 19.1 Å². The molecule has 0 aliphatic carbocycles. The molecule has 2 heterocycles. The summed E-state index contributed by atoms with van der Waals surface area (Å²) in [6.07, 6.45) is -2.18. The molecule has 0 spiro atoms. The van der Waals surface area contributed by atoms with Crippen molar-refractivity contribution in [1.82, 2.24) is 15.3 Å². The zero-order valence-corrected chi connectivity index (χ0v) is 11.4. The number of amides is 1. The Morgan fingerprint density at radius 2 is 1.95 bits per heavy atom. The van der Waals surface area contributed by atoms with Gasteiger partial charge in [-0.15, -0.1) is 0 Å². The first kappa shape index (κ1) is 15.9. The fraction of sp³-hybridized carbons (Fsp3) is 0.214. The van der Waals surface area contributed by atoms with Gasteiger partial charge in [0.05, 0.1) is 18.4 Å². The van der Waals surface area contributed by atoms with Gasteiger partial charge in [0, 0.05) is 17.3 Å². The minimum atomic E-state index is -4.56. The Hall–Kier alpha value is -2.51. The average molecular weight is 313 g/mol. The number of hydrogen-bond donors (Lipinski definition) is 1. The Morgan fingerprint density at radius 1 is 1.23 bits per heavy atom. The molecule has 0 saturated heterocycles. The lowest BCUT2D eigenvalue weighted by atomic mass is 10.0. The van der Waals surface area contributed by atoms with E-state index in [-0.39, 0.29) is 23.2 Å². The summed E-state index contributed by atoms with van der Waals surface area (Å²) in [5.74, 6) is -0.684. The van der Waals surface area contributed by atoms with Crippen LogP contribution < -0.4 is 5.32 Å². The number of aryl methyl sites for hydroxylation is 1. The molecule has 0 aromatic carbocycles. The van der Waals surface area contributed by atoms with Gasteiger partial charge in [0.25, 0.3) is 0 Å². The first-order chi connectivity index (χ1) is 10.3. The normalized spacial score (nSPS) is 11.3. The Balaban J connectivity index is 2.43. The highest BCUT2D eigenvalue weighted by Gasteiger charge is 2.34. The highest BCUT2D eigenvalue weighted by atomic mass is 19.4. The van der Waals surface area contributed by atoms with E-state index in [1.807, 2.05) is 0 Å². The van der Waals surface area contributed by atoms with Crippen LogP contribution in [-0.4, -0.2) is 16.4 Å². The predicted octanol–water partition coefficient (Wildman–Crippen LogP) is 2.86. The van der Waals surface area contributed by atoms with Crippen molar-refractivity contribution in [2.45, 2.75) is 19.6 Å². The van der Waals surface area contributed by atoms with Crippen LogP contribution in [-0.2, 0) is 17.5 Å². The summed E-state index contributed by atoms with van der Waals surface area (Å²) in [6.45, 7) is 1.34. The van der Waals surface area contributed by atoms with Crippen molar-refractivity contribution in [1.29, 1.82) is 0 Å². The highest BCUT2D eigenvalue weighted by molar-refractivity contribution is 5.64. The number of alkyl halides is 3. The number of aromatic nitrogens is 2. The van der Waals surface area contributed by atoms with Crippen molar-refractivity contribution in [2.24, 2.45) is 0 Å². The molecule has 0 atom stereocenters. The van der Waals surface area contributed by atoms with Crippen molar-refractivity contribution in [3.8, 4) is 11.1 Å². The topological polar surface area (TPSA) is 54.9 Å². The molecule has 0 bridgehead atoms. The van der Waals surface area contributed by atoms with Crippen LogP contribution in [0.1, 0.15) is 17.0 Å². The smallest absolute Gasteiger partial charge is 0.353 e. The molecule has 2 aromatic heterocycles. The molecule has 4 nitrogen and oxygen atoms in total. The summed E-state index contributed by atoms with van der Waals surface area (Å²) >= 11 is 0. The Labute approximate surface area is 123 Å². The second-order valence-electron chi connectivity index (χ2n) is 4.54. The molecule has 0 fully saturated rings. The molecule has 0 aliphatic heterocycles. The zero-order valence-electron chi connectivity index (χ0n) is 11.4. The summed E-state index contributed by atoms with van der Waals surface area (Å²) in [5, 5.41) is 2.37. The van der Waals surface area contributed by atoms with Gasteiger partial charge >= 0.3 is 6.18 Å². The molecule has 0 saturated carbocycles. The largest absolute Gasteiger partial charge is 0.433 e. The number of carbonyl (C=O) groups is 1. The van der Waals surface area contributed by atoms with E-state index in [0.717, 1.165) is 12.4 Å². The van der Waals surface area contributed by atoms with E-state index in [2.05, 4.69) is 15.3 Å². The van der Waals surface area contributed by atoms with E-state index in [4.69, 9.17) is 0 Å². The first-order valence-corrected chi connectivity index (χ1v) is 6.18. The summed E-state index contributed by atoms with van der Waals surface area (Å²) < 4.78 is 51.9. The third-order valence-electron chi connectivity index (χ3n) is 2.94. The van der Waals surface area contributed by atoms with Gasteiger partial charge in [-0.1, -0.05) is 0 Å². The van der Waals surface area contributed by atoms with Crippen LogP contribution in [0.3, 0.4) is 0 Å². The molecule has 1 N–H and O–H groups in total. The van der Waals surface area contributed by atoms with E-state index < -0.39 is 17.7 Å². The van der Waals surface area contributed by atoms with E-state index in [1.54, 1.807) is 0 Å². The molecule has 0 aliphatic rings. The second-order valence-corrected chi connectivity index (χ2v) is 4.54. The van der Waals surface area contributed by atoms with Gasteiger partial charge in [-0.2, -0.15) is 13.2 Å². The first-order valence-electron chi connectivity index (χ1n) is 6.18. The molecular weight excluding hydrogens is 302 g/mol. The number of hydrogen-bond acceptors (Lipinski definition) is 3. The molecular formula is C14H11F4N3O. The van der Waals surface area contributed by atoms with E-state index >= 15 is 0 Å². The summed E-state index contributed by atoms with van der Waals surface area (Å²) in [5.41, 5.74) is -0.455. The monoisotopic (exact) mass is 313 g/mol. The molecule has 0 unspecified atom stereocenters. The fourth-order valence-electron chi connectivity index (χ4n) is 1.96. The maximum absolute atomic E-state index is 13.8. The van der Waals surface area contributed by atoms with Gasteiger partial charge in [-0.05, 0) is 24.6 Å². The van der Waals surface area contributed by atoms with Crippen LogP contribution in [0.15, 0.2) is 24.5 Å². The number of nitrogens with zero attached hydrogens (tertiary/aromatic N) is 2. The lowest BCUT2D eigenvalue weighted by molar-refractivity contribution is -0.141. The van der Waals surface area contributed by atoms with Crippen molar-refractivity contribution in [2.75, 3.05) is 0 Å². The molecule has 22 heavy (non-hydrogen) atoms. The van der Waals surface area contributed by atoms with Gasteiger partial charge in [-0.25, -0.2) is 4.39 Å². The second kappa shape index (κ2) is 6.08. The van der Waals surface area contributed by atoms with Gasteiger partial charge < -0.3 is 5.32 Å². The molecule has 8 heteroatoms. The van der Waals surface area contributed by atoms with Crippen LogP contribution in [0.25, 0.3) is 11.1 Å². The van der Waals surface area contributed by atoms with Gasteiger partial charge in [0.1, 0.15) is 11.5 Å². The molecule has 0 radical (unpaired) electrons. The minimum absolute atomic E-state index is 0.0713. The molecule has 1 amide bonds. The lowest BCUT2D eigenvalue weighted by Crippen LogP contribution is -2.12. The van der Waals surface area contributed by atoms with Crippen LogP contribution in [0.4, 0.5) is 17.6 Å². The number of halogens is 4. The number of nitrogens with one attached hydrogen (secondary N) is 1. The Kier molecular flexibility index (Phi) is 4.39. The van der Waals surface area contributed by atoms with E-state index in [9.17, 15) is 22.4 Å². The van der Waals surface area contributed by atoms with Gasteiger partial charge in [0.2, 0.25) is 6.41 Å². The van der Waals surface area contributed by atoms with Gasteiger partial charge in [-0.3, -0.25) is 14.8 Å². The number of carbonyl (C=O) groups excluding carboxylic acids is 1. The standard InChI is InChI=1S/C14H11F4N3O/c1-8-2-9(4-21-13(8)14(16,17)18)11-3-10(5-19-7-22)20-6-12(11)15/h2-4,6-7H,5H2,1H3,(H,19,22). The highest BCUT2D eigenvalue weighted by Crippen LogP contribution is 2.32. The van der Waals surface area contributed by atoms with Crippen LogP contribution in [0.5, 0.6) is 0 Å². The quantitative estimate of drug-likeness (QED) is 0.697. The van der Waals surface area contributed by atoms with Crippen molar-refractivity contribution >= 4 is 6.41 Å². The van der Waals surface area contributed by atoms with Crippen LogP contribution >= 0.6 is 0 Å². The third-order valence-corrected chi connectivity index (χ3v) is 2.94. The van der Waals surface area contributed by atoms with Gasteiger partial charge in [0.15, 0.2) is 0 Å². The Bertz CT molecular complexity index is 701. The minimum Gasteiger partial charge on any atom is -0.353 e.